The van der Waals surface area contributed by atoms with Crippen molar-refractivity contribution in [1.82, 2.24) is 8.61 Å². The van der Waals surface area contributed by atoms with Crippen LogP contribution < -0.4 is 5.32 Å². The molecule has 1 N–H and O–H groups in total. The molecule has 1 atom stereocenters. The number of halogens is 1. The molecule has 2 aliphatic rings. The van der Waals surface area contributed by atoms with Crippen molar-refractivity contribution in [2.45, 2.75) is 49.9 Å². The molecule has 0 spiro atoms. The predicted molar refractivity (Wildman–Crippen MR) is 127 cm³/mol. The van der Waals surface area contributed by atoms with Crippen LogP contribution in [-0.2, 0) is 27.5 Å². The van der Waals surface area contributed by atoms with E-state index < -0.39 is 32.0 Å². The second-order valence-electron chi connectivity index (χ2n) is 8.69. The molecular formula is C23H30FN3O4S2. The summed E-state index contributed by atoms with van der Waals surface area (Å²) in [4.78, 5) is 0. The topological polar surface area (TPSA) is 86.8 Å². The second-order valence-corrected chi connectivity index (χ2v) is 11.8. The molecule has 0 radical (unpaired) electrons. The van der Waals surface area contributed by atoms with Crippen LogP contribution in [0.15, 0.2) is 48.5 Å². The zero-order valence-electron chi connectivity index (χ0n) is 18.4. The number of hydrogen-bond acceptors (Lipinski definition) is 5. The fourth-order valence-electron chi connectivity index (χ4n) is 4.61. The highest BCUT2D eigenvalue weighted by Crippen LogP contribution is 2.34. The van der Waals surface area contributed by atoms with Crippen LogP contribution in [0, 0.1) is 5.82 Å². The van der Waals surface area contributed by atoms with Gasteiger partial charge in [0.2, 0.25) is 20.9 Å². The van der Waals surface area contributed by atoms with E-state index in [1.807, 2.05) is 30.3 Å². The number of nitrogens with one attached hydrogen (secondary N) is 1. The Labute approximate surface area is 196 Å². The van der Waals surface area contributed by atoms with Crippen LogP contribution >= 0.6 is 0 Å². The lowest BCUT2D eigenvalue weighted by molar-refractivity contribution is 0.338. The van der Waals surface area contributed by atoms with Gasteiger partial charge in [0, 0.05) is 43.5 Å². The van der Waals surface area contributed by atoms with E-state index in [1.54, 1.807) is 12.1 Å². The van der Waals surface area contributed by atoms with E-state index in [2.05, 4.69) is 5.32 Å². The normalized spacial score (nSPS) is 22.8. The summed E-state index contributed by atoms with van der Waals surface area (Å²) >= 11 is 0. The van der Waals surface area contributed by atoms with Crippen LogP contribution in [0.25, 0.3) is 0 Å². The van der Waals surface area contributed by atoms with Crippen molar-refractivity contribution in [1.29, 1.82) is 0 Å². The predicted octanol–water partition coefficient (Wildman–Crippen LogP) is 3.29. The van der Waals surface area contributed by atoms with Gasteiger partial charge in [-0.15, -0.1) is 0 Å². The summed E-state index contributed by atoms with van der Waals surface area (Å²) in [5, 5.41) is 2.66. The van der Waals surface area contributed by atoms with Crippen molar-refractivity contribution < 1.29 is 21.2 Å². The number of sulfonamides is 1. The third-order valence-corrected chi connectivity index (χ3v) is 9.61. The molecule has 2 aliphatic heterocycles. The van der Waals surface area contributed by atoms with Gasteiger partial charge in [-0.25, -0.2) is 25.5 Å². The van der Waals surface area contributed by atoms with E-state index in [-0.39, 0.29) is 12.6 Å². The summed E-state index contributed by atoms with van der Waals surface area (Å²) in [6.07, 6.45) is 3.42. The molecule has 4 rings (SSSR count). The Hall–Kier alpha value is -2.01. The van der Waals surface area contributed by atoms with E-state index in [4.69, 9.17) is 0 Å². The lowest BCUT2D eigenvalue weighted by Gasteiger charge is -2.29. The fraction of sp³-hybridized carbons (Fsp3) is 0.478. The molecule has 2 heterocycles. The second kappa shape index (κ2) is 10.5. The molecule has 2 saturated heterocycles. The Kier molecular flexibility index (Phi) is 7.68. The molecule has 0 amide bonds. The van der Waals surface area contributed by atoms with Gasteiger partial charge >= 0.3 is 0 Å². The van der Waals surface area contributed by atoms with Gasteiger partial charge in [-0.1, -0.05) is 42.8 Å². The summed E-state index contributed by atoms with van der Waals surface area (Å²) in [5.41, 5.74) is 1.73. The van der Waals surface area contributed by atoms with Gasteiger partial charge in [0.25, 0.3) is 0 Å². The molecular weight excluding hydrogens is 465 g/mol. The van der Waals surface area contributed by atoms with Crippen molar-refractivity contribution in [2.24, 2.45) is 0 Å². The number of piperidine rings is 1. The van der Waals surface area contributed by atoms with Crippen LogP contribution in [0.4, 0.5) is 10.1 Å². The lowest BCUT2D eigenvalue weighted by atomic mass is 10.1. The van der Waals surface area contributed by atoms with Gasteiger partial charge < -0.3 is 5.32 Å². The maximum absolute atomic E-state index is 15.0. The first-order chi connectivity index (χ1) is 15.8. The third-order valence-electron chi connectivity index (χ3n) is 6.49. The van der Waals surface area contributed by atoms with Crippen LogP contribution in [0.5, 0.6) is 0 Å². The highest BCUT2D eigenvalue weighted by molar-refractivity contribution is 7.89. The Morgan fingerprint density at radius 1 is 0.970 bits per heavy atom. The third kappa shape index (κ3) is 5.74. The molecule has 0 aliphatic carbocycles. The SMILES string of the molecule is O=[SH](=O)N1CCC(Nc2ccc(CN3CCCCC(c4ccccc4)S3(=O)=O)c(F)c2)CC1. The van der Waals surface area contributed by atoms with E-state index in [0.717, 1.165) is 18.4 Å². The minimum Gasteiger partial charge on any atom is -0.382 e. The first-order valence-corrected chi connectivity index (χ1v) is 14.0. The average Bonchev–Trinajstić information content (AvgIpc) is 2.94. The number of benzene rings is 2. The number of anilines is 1. The first-order valence-electron chi connectivity index (χ1n) is 11.3. The molecule has 2 aromatic carbocycles. The number of nitrogens with zero attached hydrogens (tertiary/aromatic N) is 2. The largest absolute Gasteiger partial charge is 0.382 e. The Bertz CT molecular complexity index is 1130. The van der Waals surface area contributed by atoms with Gasteiger partial charge in [-0.3, -0.25) is 0 Å². The number of rotatable bonds is 6. The van der Waals surface area contributed by atoms with Crippen LogP contribution in [0.3, 0.4) is 0 Å². The summed E-state index contributed by atoms with van der Waals surface area (Å²) in [7, 11) is -6.17. The Morgan fingerprint density at radius 2 is 1.70 bits per heavy atom. The maximum atomic E-state index is 15.0. The molecule has 1 unspecified atom stereocenters. The fourth-order valence-corrected chi connectivity index (χ4v) is 7.20. The minimum atomic E-state index is -3.62. The van der Waals surface area contributed by atoms with Crippen LogP contribution in [0.2, 0.25) is 0 Å². The molecule has 10 heteroatoms. The summed E-state index contributed by atoms with van der Waals surface area (Å²) in [5.74, 6) is -0.448. The van der Waals surface area contributed by atoms with Crippen LogP contribution in [-0.4, -0.2) is 51.1 Å². The molecule has 7 nitrogen and oxygen atoms in total. The number of thiol groups is 1. The van der Waals surface area contributed by atoms with Gasteiger partial charge in [-0.05, 0) is 43.4 Å². The summed E-state index contributed by atoms with van der Waals surface area (Å²) in [6, 6.07) is 14.1. The molecule has 0 bridgehead atoms. The van der Waals surface area contributed by atoms with E-state index in [9.17, 15) is 21.2 Å². The smallest absolute Gasteiger partial charge is 0.221 e. The zero-order valence-corrected chi connectivity index (χ0v) is 20.1. The zero-order chi connectivity index (χ0) is 23.4. The molecule has 0 saturated carbocycles. The van der Waals surface area contributed by atoms with E-state index in [1.165, 1.54) is 14.7 Å². The Balaban J connectivity index is 1.45. The summed E-state index contributed by atoms with van der Waals surface area (Å²) in [6.45, 7) is 1.29. The van der Waals surface area contributed by atoms with Crippen molar-refractivity contribution in [2.75, 3.05) is 25.0 Å². The monoisotopic (exact) mass is 495 g/mol. The van der Waals surface area contributed by atoms with Crippen molar-refractivity contribution >= 4 is 26.6 Å². The van der Waals surface area contributed by atoms with E-state index >= 15 is 0 Å². The average molecular weight is 496 g/mol. The Morgan fingerprint density at radius 3 is 2.36 bits per heavy atom. The maximum Gasteiger partial charge on any atom is 0.221 e. The number of hydrogen-bond donors (Lipinski definition) is 2. The van der Waals surface area contributed by atoms with Gasteiger partial charge in [0.05, 0.1) is 0 Å². The lowest BCUT2D eigenvalue weighted by Crippen LogP contribution is -2.38. The van der Waals surface area contributed by atoms with Crippen molar-refractivity contribution in [3.8, 4) is 0 Å². The standard InChI is InChI=1S/C23H30FN3O4S2/c24-22-16-21(25-20-11-14-26(15-12-20)32(28)29)10-9-19(22)17-27-13-5-4-8-23(33(27,30)31)18-6-2-1-3-7-18/h1-3,6-7,9-10,16,20,23,25,32H,4-5,8,11-15,17H2. The highest BCUT2D eigenvalue weighted by Gasteiger charge is 2.35. The molecule has 2 fully saturated rings. The van der Waals surface area contributed by atoms with Gasteiger partial charge in [0.1, 0.15) is 11.1 Å². The van der Waals surface area contributed by atoms with Gasteiger partial charge in [0.15, 0.2) is 0 Å². The minimum absolute atomic E-state index is 0.00666. The first kappa shape index (κ1) is 24.1. The molecule has 180 valence electrons. The van der Waals surface area contributed by atoms with Crippen molar-refractivity contribution in [3.05, 3.63) is 65.5 Å². The van der Waals surface area contributed by atoms with Crippen LogP contribution in [0.1, 0.15) is 48.5 Å². The van der Waals surface area contributed by atoms with E-state index in [0.29, 0.717) is 50.1 Å². The summed E-state index contributed by atoms with van der Waals surface area (Å²) < 4.78 is 66.7. The molecule has 2 aromatic rings. The van der Waals surface area contributed by atoms with Gasteiger partial charge in [-0.2, -0.15) is 4.31 Å². The molecule has 33 heavy (non-hydrogen) atoms. The molecule has 0 aromatic heterocycles. The quantitative estimate of drug-likeness (QED) is 0.601. The highest BCUT2D eigenvalue weighted by atomic mass is 32.2. The van der Waals surface area contributed by atoms with Crippen molar-refractivity contribution in [3.63, 3.8) is 0 Å².